The van der Waals surface area contributed by atoms with Crippen LogP contribution in [0.25, 0.3) is 0 Å². The molecule has 0 spiro atoms. The van der Waals surface area contributed by atoms with E-state index < -0.39 is 0 Å². The van der Waals surface area contributed by atoms with Crippen LogP contribution in [0.4, 0.5) is 0 Å². The first-order valence-electron chi connectivity index (χ1n) is 4.55. The van der Waals surface area contributed by atoms with Gasteiger partial charge in [-0.2, -0.15) is 0 Å². The minimum Gasteiger partial charge on any atom is -0.395 e. The molecular formula is C9H25NO. The average molecular weight is 163 g/mol. The topological polar surface area (TPSA) is 46.2 Å². The first kappa shape index (κ1) is 17.1. The zero-order chi connectivity index (χ0) is 9.86. The predicted octanol–water partition coefficient (Wildman–Crippen LogP) is 2.01. The fraction of sp³-hybridized carbons (Fsp3) is 1.00. The van der Waals surface area contributed by atoms with Gasteiger partial charge >= 0.3 is 0 Å². The van der Waals surface area contributed by atoms with Crippen molar-refractivity contribution in [2.24, 2.45) is 11.7 Å². The van der Waals surface area contributed by atoms with Gasteiger partial charge < -0.3 is 10.8 Å². The maximum absolute atomic E-state index is 8.38. The lowest BCUT2D eigenvalue weighted by molar-refractivity contribution is 0.238. The van der Waals surface area contributed by atoms with Crippen LogP contribution < -0.4 is 5.73 Å². The second-order valence-electron chi connectivity index (χ2n) is 2.09. The van der Waals surface area contributed by atoms with Crippen molar-refractivity contribution in [3.8, 4) is 0 Å². The SMILES string of the molecule is CC.CC.CC(C)C(N)CO. The van der Waals surface area contributed by atoms with Gasteiger partial charge in [-0.3, -0.25) is 0 Å². The third-order valence-corrected chi connectivity index (χ3v) is 1.07. The molecule has 0 bridgehead atoms. The lowest BCUT2D eigenvalue weighted by Gasteiger charge is -2.10. The molecule has 0 aliphatic heterocycles. The van der Waals surface area contributed by atoms with Crippen LogP contribution in [0.3, 0.4) is 0 Å². The second-order valence-corrected chi connectivity index (χ2v) is 2.09. The Hall–Kier alpha value is -0.0800. The van der Waals surface area contributed by atoms with Crippen LogP contribution in [0.5, 0.6) is 0 Å². The molecule has 0 aliphatic rings. The van der Waals surface area contributed by atoms with Crippen molar-refractivity contribution in [2.45, 2.75) is 47.6 Å². The highest BCUT2D eigenvalue weighted by atomic mass is 16.3. The van der Waals surface area contributed by atoms with E-state index in [9.17, 15) is 0 Å². The summed E-state index contributed by atoms with van der Waals surface area (Å²) >= 11 is 0. The molecule has 2 nitrogen and oxygen atoms in total. The second kappa shape index (κ2) is 16.5. The van der Waals surface area contributed by atoms with Crippen LogP contribution in [-0.4, -0.2) is 17.8 Å². The number of rotatable bonds is 2. The van der Waals surface area contributed by atoms with E-state index in [0.29, 0.717) is 5.92 Å². The standard InChI is InChI=1S/C5H13NO.2C2H6/c1-4(2)5(6)3-7;2*1-2/h4-5,7H,3,6H2,1-2H3;2*1-2H3. The van der Waals surface area contributed by atoms with E-state index in [1.54, 1.807) is 0 Å². The van der Waals surface area contributed by atoms with Crippen molar-refractivity contribution >= 4 is 0 Å². The average Bonchev–Trinajstić information content (AvgIpc) is 2.10. The van der Waals surface area contributed by atoms with Crippen LogP contribution in [0.15, 0.2) is 0 Å². The summed E-state index contributed by atoms with van der Waals surface area (Å²) in [6.45, 7) is 12.1. The molecule has 72 valence electrons. The molecule has 0 amide bonds. The van der Waals surface area contributed by atoms with Gasteiger partial charge in [0.15, 0.2) is 0 Å². The highest BCUT2D eigenvalue weighted by Crippen LogP contribution is 1.94. The summed E-state index contributed by atoms with van der Waals surface area (Å²) < 4.78 is 0. The van der Waals surface area contributed by atoms with Crippen molar-refractivity contribution in [1.82, 2.24) is 0 Å². The van der Waals surface area contributed by atoms with Crippen LogP contribution in [0.1, 0.15) is 41.5 Å². The molecule has 1 unspecified atom stereocenters. The predicted molar refractivity (Wildman–Crippen MR) is 52.6 cm³/mol. The number of aliphatic hydroxyl groups excluding tert-OH is 1. The van der Waals surface area contributed by atoms with Crippen LogP contribution in [-0.2, 0) is 0 Å². The maximum atomic E-state index is 8.38. The molecule has 3 N–H and O–H groups in total. The number of hydrogen-bond donors (Lipinski definition) is 2. The van der Waals surface area contributed by atoms with Gasteiger partial charge in [0, 0.05) is 6.04 Å². The fourth-order valence-electron chi connectivity index (χ4n) is 0.211. The third-order valence-electron chi connectivity index (χ3n) is 1.07. The highest BCUT2D eigenvalue weighted by molar-refractivity contribution is 4.61. The van der Waals surface area contributed by atoms with Gasteiger partial charge in [-0.15, -0.1) is 0 Å². The summed E-state index contributed by atoms with van der Waals surface area (Å²) in [5.74, 6) is 0.394. The molecule has 0 aromatic carbocycles. The molecule has 0 saturated carbocycles. The van der Waals surface area contributed by atoms with Crippen LogP contribution in [0, 0.1) is 5.92 Å². The largest absolute Gasteiger partial charge is 0.395 e. The van der Waals surface area contributed by atoms with E-state index in [4.69, 9.17) is 10.8 Å². The van der Waals surface area contributed by atoms with Crippen LogP contribution >= 0.6 is 0 Å². The van der Waals surface area contributed by atoms with E-state index in [1.165, 1.54) is 0 Å². The molecule has 0 aromatic heterocycles. The van der Waals surface area contributed by atoms with Gasteiger partial charge in [-0.05, 0) is 5.92 Å². The Labute approximate surface area is 71.8 Å². The molecule has 0 saturated heterocycles. The number of aliphatic hydroxyl groups is 1. The Bertz CT molecular complexity index is 46.8. The quantitative estimate of drug-likeness (QED) is 0.654. The third kappa shape index (κ3) is 17.8. The molecule has 0 heterocycles. The van der Waals surface area contributed by atoms with E-state index >= 15 is 0 Å². The molecule has 0 radical (unpaired) electrons. The summed E-state index contributed by atoms with van der Waals surface area (Å²) in [5.41, 5.74) is 5.37. The summed E-state index contributed by atoms with van der Waals surface area (Å²) in [6.07, 6.45) is 0. The monoisotopic (exact) mass is 163 g/mol. The smallest absolute Gasteiger partial charge is 0.0585 e. The van der Waals surface area contributed by atoms with E-state index in [0.717, 1.165) is 0 Å². The summed E-state index contributed by atoms with van der Waals surface area (Å²) in [5, 5.41) is 8.38. The normalized spacial score (nSPS) is 10.6. The molecule has 1 atom stereocenters. The van der Waals surface area contributed by atoms with Crippen LogP contribution in [0.2, 0.25) is 0 Å². The van der Waals surface area contributed by atoms with Crippen molar-refractivity contribution in [3.05, 3.63) is 0 Å². The zero-order valence-corrected chi connectivity index (χ0v) is 8.89. The first-order valence-corrected chi connectivity index (χ1v) is 4.55. The Balaban J connectivity index is -0.000000138. The molecule has 0 rings (SSSR count). The highest BCUT2D eigenvalue weighted by Gasteiger charge is 2.02. The summed E-state index contributed by atoms with van der Waals surface area (Å²) in [4.78, 5) is 0. The van der Waals surface area contributed by atoms with Gasteiger partial charge in [0.2, 0.25) is 0 Å². The number of hydrogen-bond acceptors (Lipinski definition) is 2. The van der Waals surface area contributed by atoms with E-state index in [2.05, 4.69) is 0 Å². The van der Waals surface area contributed by atoms with Gasteiger partial charge in [-0.1, -0.05) is 41.5 Å². The summed E-state index contributed by atoms with van der Waals surface area (Å²) in [7, 11) is 0. The Morgan fingerprint density at radius 1 is 1.09 bits per heavy atom. The fourth-order valence-corrected chi connectivity index (χ4v) is 0.211. The van der Waals surface area contributed by atoms with Crippen molar-refractivity contribution < 1.29 is 5.11 Å². The molecule has 0 aliphatic carbocycles. The Morgan fingerprint density at radius 2 is 1.36 bits per heavy atom. The number of nitrogens with two attached hydrogens (primary N) is 1. The lowest BCUT2D eigenvalue weighted by Crippen LogP contribution is -2.29. The van der Waals surface area contributed by atoms with Gasteiger partial charge in [0.05, 0.1) is 6.61 Å². The van der Waals surface area contributed by atoms with E-state index in [1.807, 2.05) is 41.5 Å². The van der Waals surface area contributed by atoms with E-state index in [-0.39, 0.29) is 12.6 Å². The minimum absolute atomic E-state index is 0.0417. The molecule has 0 fully saturated rings. The van der Waals surface area contributed by atoms with Gasteiger partial charge in [-0.25, -0.2) is 0 Å². The first-order chi connectivity index (χ1) is 5.18. The van der Waals surface area contributed by atoms with Gasteiger partial charge in [0.1, 0.15) is 0 Å². The van der Waals surface area contributed by atoms with Gasteiger partial charge in [0.25, 0.3) is 0 Å². The van der Waals surface area contributed by atoms with Crippen molar-refractivity contribution in [3.63, 3.8) is 0 Å². The minimum atomic E-state index is -0.0417. The maximum Gasteiger partial charge on any atom is 0.0585 e. The molecule has 0 aromatic rings. The Kier molecular flexibility index (Phi) is 25.7. The zero-order valence-electron chi connectivity index (χ0n) is 8.89. The van der Waals surface area contributed by atoms with Crippen molar-refractivity contribution in [1.29, 1.82) is 0 Å². The lowest BCUT2D eigenvalue weighted by atomic mass is 10.1. The molecule has 11 heavy (non-hydrogen) atoms. The summed E-state index contributed by atoms with van der Waals surface area (Å²) in [6, 6.07) is -0.0417. The molecular weight excluding hydrogens is 138 g/mol. The van der Waals surface area contributed by atoms with Crippen molar-refractivity contribution in [2.75, 3.05) is 6.61 Å². The Morgan fingerprint density at radius 3 is 1.36 bits per heavy atom. The molecule has 2 heteroatoms.